The van der Waals surface area contributed by atoms with Gasteiger partial charge < -0.3 is 4.74 Å². The Morgan fingerprint density at radius 3 is 2.23 bits per heavy atom. The molecule has 0 aromatic rings. The first kappa shape index (κ1) is 11.0. The predicted octanol–water partition coefficient (Wildman–Crippen LogP) is 3.34. The maximum atomic E-state index is 5.54. The fraction of sp³-hybridized carbons (Fsp3) is 1.00. The van der Waals surface area contributed by atoms with Crippen LogP contribution in [-0.2, 0) is 4.74 Å². The molecular weight excluding hydrogens is 160 g/mol. The van der Waals surface area contributed by atoms with E-state index < -0.39 is 0 Å². The molecule has 5 unspecified atom stereocenters. The standard InChI is InChI=1S/C12H24O/c1-6-11-8(2)7-12(13-5)10(4)9(11)3/h8-12H,6-7H2,1-5H3. The Kier molecular flexibility index (Phi) is 3.78. The largest absolute Gasteiger partial charge is 0.381 e. The lowest BCUT2D eigenvalue weighted by molar-refractivity contribution is -0.0395. The Labute approximate surface area is 82.9 Å². The van der Waals surface area contributed by atoms with E-state index in [0.717, 1.165) is 23.7 Å². The Morgan fingerprint density at radius 2 is 1.77 bits per heavy atom. The Hall–Kier alpha value is -0.0400. The fourth-order valence-electron chi connectivity index (χ4n) is 3.09. The SMILES string of the molecule is CCC1C(C)CC(OC)C(C)C1C. The smallest absolute Gasteiger partial charge is 0.0602 e. The maximum absolute atomic E-state index is 5.54. The average Bonchev–Trinajstić information content (AvgIpc) is 2.12. The fourth-order valence-corrected chi connectivity index (χ4v) is 3.09. The van der Waals surface area contributed by atoms with Crippen LogP contribution >= 0.6 is 0 Å². The van der Waals surface area contributed by atoms with Crippen molar-refractivity contribution >= 4 is 0 Å². The third-order valence-electron chi connectivity index (χ3n) is 4.20. The van der Waals surface area contributed by atoms with E-state index in [1.54, 1.807) is 0 Å². The quantitative estimate of drug-likeness (QED) is 0.639. The molecule has 1 aliphatic carbocycles. The molecule has 1 fully saturated rings. The lowest BCUT2D eigenvalue weighted by Crippen LogP contribution is -2.40. The van der Waals surface area contributed by atoms with Gasteiger partial charge in [0.15, 0.2) is 0 Å². The van der Waals surface area contributed by atoms with Crippen molar-refractivity contribution in [1.29, 1.82) is 0 Å². The van der Waals surface area contributed by atoms with E-state index in [1.807, 2.05) is 7.11 Å². The van der Waals surface area contributed by atoms with Gasteiger partial charge in [0.1, 0.15) is 0 Å². The zero-order valence-corrected chi connectivity index (χ0v) is 9.71. The molecule has 1 rings (SSSR count). The summed E-state index contributed by atoms with van der Waals surface area (Å²) < 4.78 is 5.54. The van der Waals surface area contributed by atoms with E-state index >= 15 is 0 Å². The van der Waals surface area contributed by atoms with Crippen LogP contribution in [0.3, 0.4) is 0 Å². The third kappa shape index (κ3) is 2.07. The molecule has 0 N–H and O–H groups in total. The van der Waals surface area contributed by atoms with Gasteiger partial charge in [0.25, 0.3) is 0 Å². The van der Waals surface area contributed by atoms with E-state index in [4.69, 9.17) is 4.74 Å². The van der Waals surface area contributed by atoms with Gasteiger partial charge in [0.2, 0.25) is 0 Å². The van der Waals surface area contributed by atoms with Crippen molar-refractivity contribution in [2.75, 3.05) is 7.11 Å². The van der Waals surface area contributed by atoms with Crippen LogP contribution in [0.15, 0.2) is 0 Å². The first-order chi connectivity index (χ1) is 6.11. The van der Waals surface area contributed by atoms with Crippen molar-refractivity contribution in [2.45, 2.75) is 46.6 Å². The zero-order chi connectivity index (χ0) is 10.0. The number of rotatable bonds is 2. The second-order valence-electron chi connectivity index (χ2n) is 4.78. The highest BCUT2D eigenvalue weighted by atomic mass is 16.5. The number of hydrogen-bond donors (Lipinski definition) is 0. The minimum atomic E-state index is 0.493. The molecule has 78 valence electrons. The van der Waals surface area contributed by atoms with Gasteiger partial charge in [-0.2, -0.15) is 0 Å². The van der Waals surface area contributed by atoms with Crippen LogP contribution < -0.4 is 0 Å². The lowest BCUT2D eigenvalue weighted by atomic mass is 9.66. The molecule has 0 aromatic carbocycles. The van der Waals surface area contributed by atoms with Gasteiger partial charge in [-0.1, -0.05) is 34.1 Å². The molecule has 0 heterocycles. The molecule has 13 heavy (non-hydrogen) atoms. The molecule has 0 radical (unpaired) electrons. The highest BCUT2D eigenvalue weighted by molar-refractivity contribution is 4.86. The summed E-state index contributed by atoms with van der Waals surface area (Å²) in [4.78, 5) is 0. The van der Waals surface area contributed by atoms with E-state index in [9.17, 15) is 0 Å². The van der Waals surface area contributed by atoms with Crippen LogP contribution in [0.25, 0.3) is 0 Å². The second kappa shape index (κ2) is 4.45. The van der Waals surface area contributed by atoms with Gasteiger partial charge in [-0.15, -0.1) is 0 Å². The molecule has 0 bridgehead atoms. The second-order valence-corrected chi connectivity index (χ2v) is 4.78. The molecular formula is C12H24O. The summed E-state index contributed by atoms with van der Waals surface area (Å²) in [6.45, 7) is 9.42. The van der Waals surface area contributed by atoms with Gasteiger partial charge in [-0.05, 0) is 30.1 Å². The van der Waals surface area contributed by atoms with E-state index in [0.29, 0.717) is 6.10 Å². The van der Waals surface area contributed by atoms with Crippen molar-refractivity contribution < 1.29 is 4.74 Å². The number of ether oxygens (including phenoxy) is 1. The van der Waals surface area contributed by atoms with Crippen molar-refractivity contribution in [3.63, 3.8) is 0 Å². The van der Waals surface area contributed by atoms with Crippen LogP contribution in [-0.4, -0.2) is 13.2 Å². The van der Waals surface area contributed by atoms with Crippen molar-refractivity contribution in [3.8, 4) is 0 Å². The maximum Gasteiger partial charge on any atom is 0.0602 e. The minimum absolute atomic E-state index is 0.493. The molecule has 0 amide bonds. The summed E-state index contributed by atoms with van der Waals surface area (Å²) >= 11 is 0. The Bertz CT molecular complexity index is 155. The summed E-state index contributed by atoms with van der Waals surface area (Å²) in [5.74, 6) is 3.28. The van der Waals surface area contributed by atoms with E-state index in [2.05, 4.69) is 27.7 Å². The number of methoxy groups -OCH3 is 1. The van der Waals surface area contributed by atoms with Crippen LogP contribution in [0, 0.1) is 23.7 Å². The third-order valence-corrected chi connectivity index (χ3v) is 4.20. The first-order valence-electron chi connectivity index (χ1n) is 5.64. The molecule has 1 saturated carbocycles. The first-order valence-corrected chi connectivity index (χ1v) is 5.64. The van der Waals surface area contributed by atoms with Gasteiger partial charge in [0, 0.05) is 7.11 Å². The highest BCUT2D eigenvalue weighted by Crippen LogP contribution is 2.41. The summed E-state index contributed by atoms with van der Waals surface area (Å²) in [5.41, 5.74) is 0. The number of hydrogen-bond acceptors (Lipinski definition) is 1. The molecule has 0 aromatic heterocycles. The van der Waals surface area contributed by atoms with Crippen LogP contribution in [0.2, 0.25) is 0 Å². The van der Waals surface area contributed by atoms with Gasteiger partial charge in [-0.25, -0.2) is 0 Å². The molecule has 0 aliphatic heterocycles. The minimum Gasteiger partial charge on any atom is -0.381 e. The molecule has 1 aliphatic rings. The van der Waals surface area contributed by atoms with Crippen LogP contribution in [0.1, 0.15) is 40.5 Å². The zero-order valence-electron chi connectivity index (χ0n) is 9.71. The summed E-state index contributed by atoms with van der Waals surface area (Å²) in [7, 11) is 1.85. The van der Waals surface area contributed by atoms with Crippen molar-refractivity contribution in [1.82, 2.24) is 0 Å². The Morgan fingerprint density at radius 1 is 1.15 bits per heavy atom. The van der Waals surface area contributed by atoms with E-state index in [1.165, 1.54) is 12.8 Å². The average molecular weight is 184 g/mol. The van der Waals surface area contributed by atoms with Gasteiger partial charge in [-0.3, -0.25) is 0 Å². The molecule has 1 heteroatoms. The van der Waals surface area contributed by atoms with Crippen molar-refractivity contribution in [3.05, 3.63) is 0 Å². The monoisotopic (exact) mass is 184 g/mol. The topological polar surface area (TPSA) is 9.23 Å². The van der Waals surface area contributed by atoms with Gasteiger partial charge >= 0.3 is 0 Å². The van der Waals surface area contributed by atoms with Gasteiger partial charge in [0.05, 0.1) is 6.10 Å². The summed E-state index contributed by atoms with van der Waals surface area (Å²) in [5, 5.41) is 0. The molecule has 0 spiro atoms. The molecule has 1 nitrogen and oxygen atoms in total. The predicted molar refractivity (Wildman–Crippen MR) is 56.7 cm³/mol. The van der Waals surface area contributed by atoms with Crippen LogP contribution in [0.4, 0.5) is 0 Å². The lowest BCUT2D eigenvalue weighted by Gasteiger charge is -2.43. The van der Waals surface area contributed by atoms with Crippen molar-refractivity contribution in [2.24, 2.45) is 23.7 Å². The molecule has 5 atom stereocenters. The summed E-state index contributed by atoms with van der Waals surface area (Å²) in [6, 6.07) is 0. The van der Waals surface area contributed by atoms with Crippen LogP contribution in [0.5, 0.6) is 0 Å². The normalized spacial score (nSPS) is 46.4. The Balaban J connectivity index is 2.66. The molecule has 0 saturated heterocycles. The summed E-state index contributed by atoms with van der Waals surface area (Å²) in [6.07, 6.45) is 3.07. The van der Waals surface area contributed by atoms with E-state index in [-0.39, 0.29) is 0 Å². The highest BCUT2D eigenvalue weighted by Gasteiger charge is 2.37.